The Balaban J connectivity index is 1.73. The molecule has 4 aromatic rings. The molecule has 3 heterocycles. The molecule has 0 radical (unpaired) electrons. The molecule has 0 aliphatic rings. The molecule has 1 aromatic carbocycles. The minimum absolute atomic E-state index is 0.522. The number of halogens is 2. The molecule has 0 saturated heterocycles. The number of aryl methyl sites for hydroxylation is 1. The van der Waals surface area contributed by atoms with Crippen LogP contribution in [0.3, 0.4) is 0 Å². The molecule has 6 nitrogen and oxygen atoms in total. The first kappa shape index (κ1) is 14.6. The normalized spacial score (nSPS) is 11.4. The molecule has 0 atom stereocenters. The monoisotopic (exact) mass is 364 g/mol. The summed E-state index contributed by atoms with van der Waals surface area (Å²) in [6, 6.07) is 7.73. The minimum Gasteiger partial charge on any atom is -0.263 e. The fourth-order valence-electron chi connectivity index (χ4n) is 2.31. The Morgan fingerprint density at radius 1 is 1.13 bits per heavy atom. The van der Waals surface area contributed by atoms with E-state index in [1.165, 1.54) is 11.3 Å². The molecule has 0 aliphatic heterocycles. The van der Waals surface area contributed by atoms with Crippen LogP contribution in [0.15, 0.2) is 30.5 Å². The first-order valence-corrected chi connectivity index (χ1v) is 8.32. The van der Waals surface area contributed by atoms with E-state index in [4.69, 9.17) is 23.2 Å². The Morgan fingerprint density at radius 2 is 1.91 bits per heavy atom. The van der Waals surface area contributed by atoms with Crippen LogP contribution < -0.4 is 0 Å². The molecule has 0 saturated carbocycles. The van der Waals surface area contributed by atoms with Crippen molar-refractivity contribution < 1.29 is 0 Å². The summed E-state index contributed by atoms with van der Waals surface area (Å²) >= 11 is 13.6. The van der Waals surface area contributed by atoms with Crippen LogP contribution in [0.25, 0.3) is 16.5 Å². The van der Waals surface area contributed by atoms with Crippen molar-refractivity contribution in [1.82, 2.24) is 29.6 Å². The van der Waals surface area contributed by atoms with Crippen molar-refractivity contribution in [3.05, 3.63) is 51.1 Å². The number of aromatic nitrogens is 6. The second-order valence-corrected chi connectivity index (χ2v) is 6.87. The molecule has 0 spiro atoms. The van der Waals surface area contributed by atoms with Crippen LogP contribution >= 0.6 is 34.5 Å². The first-order chi connectivity index (χ1) is 11.1. The van der Waals surface area contributed by atoms with Gasteiger partial charge in [0.05, 0.1) is 11.2 Å². The van der Waals surface area contributed by atoms with E-state index in [1.807, 2.05) is 31.3 Å². The molecule has 0 unspecified atom stereocenters. The second kappa shape index (κ2) is 5.59. The van der Waals surface area contributed by atoms with Gasteiger partial charge >= 0.3 is 0 Å². The molecule has 0 bridgehead atoms. The average molecular weight is 365 g/mol. The highest BCUT2D eigenvalue weighted by atomic mass is 35.5. The Morgan fingerprint density at radius 3 is 2.61 bits per heavy atom. The topological polar surface area (TPSA) is 60.9 Å². The lowest BCUT2D eigenvalue weighted by atomic mass is 10.2. The summed E-state index contributed by atoms with van der Waals surface area (Å²) in [5.41, 5.74) is 1.84. The highest BCUT2D eigenvalue weighted by molar-refractivity contribution is 7.16. The van der Waals surface area contributed by atoms with Crippen molar-refractivity contribution in [2.24, 2.45) is 7.05 Å². The molecule has 0 N–H and O–H groups in total. The van der Waals surface area contributed by atoms with E-state index in [0.29, 0.717) is 23.0 Å². The highest BCUT2D eigenvalue weighted by Gasteiger charge is 2.19. The van der Waals surface area contributed by atoms with Crippen molar-refractivity contribution in [1.29, 1.82) is 0 Å². The molecule has 23 heavy (non-hydrogen) atoms. The lowest BCUT2D eigenvalue weighted by Gasteiger charge is -1.99. The highest BCUT2D eigenvalue weighted by Crippen LogP contribution is 2.27. The van der Waals surface area contributed by atoms with Gasteiger partial charge in [-0.15, -0.1) is 10.2 Å². The fraction of sp³-hybridized carbons (Fsp3) is 0.143. The molecule has 0 amide bonds. The number of nitrogens with zero attached hydrogens (tertiary/aromatic N) is 6. The number of hydrogen-bond acceptors (Lipinski definition) is 5. The largest absolute Gasteiger partial charge is 0.263 e. The SMILES string of the molecule is Cn1ncc(Cl)c1-c1nnc2sc(Cc3ccc(Cl)cc3)nn12. The van der Waals surface area contributed by atoms with E-state index in [1.54, 1.807) is 15.4 Å². The van der Waals surface area contributed by atoms with E-state index in [0.717, 1.165) is 20.6 Å². The zero-order chi connectivity index (χ0) is 16.0. The molecular weight excluding hydrogens is 355 g/mol. The first-order valence-electron chi connectivity index (χ1n) is 6.75. The summed E-state index contributed by atoms with van der Waals surface area (Å²) in [6.07, 6.45) is 2.29. The lowest BCUT2D eigenvalue weighted by Crippen LogP contribution is -1.99. The van der Waals surface area contributed by atoms with Gasteiger partial charge in [-0.3, -0.25) is 4.68 Å². The number of fused-ring (bicyclic) bond motifs is 1. The van der Waals surface area contributed by atoms with Gasteiger partial charge in [-0.1, -0.05) is 46.7 Å². The van der Waals surface area contributed by atoms with Crippen molar-refractivity contribution in [3.63, 3.8) is 0 Å². The molecule has 116 valence electrons. The molecule has 9 heteroatoms. The van der Waals surface area contributed by atoms with Crippen LogP contribution in [0, 0.1) is 0 Å². The smallest absolute Gasteiger partial charge is 0.235 e. The third-order valence-corrected chi connectivity index (χ3v) is 4.83. The van der Waals surface area contributed by atoms with E-state index in [9.17, 15) is 0 Å². The standard InChI is InChI=1S/C14H10Cl2N6S/c1-21-12(10(16)7-17-21)13-18-19-14-22(13)20-11(23-14)6-8-2-4-9(15)5-3-8/h2-5,7H,6H2,1H3. The van der Waals surface area contributed by atoms with Gasteiger partial charge in [0.15, 0.2) is 0 Å². The van der Waals surface area contributed by atoms with Gasteiger partial charge in [0, 0.05) is 18.5 Å². The summed E-state index contributed by atoms with van der Waals surface area (Å²) in [5, 5.41) is 19.3. The van der Waals surface area contributed by atoms with Crippen LogP contribution in [-0.2, 0) is 13.5 Å². The number of hydrogen-bond donors (Lipinski definition) is 0. The molecule has 3 aromatic heterocycles. The zero-order valence-corrected chi connectivity index (χ0v) is 14.3. The van der Waals surface area contributed by atoms with Crippen LogP contribution in [0.2, 0.25) is 10.0 Å². The van der Waals surface area contributed by atoms with Gasteiger partial charge in [-0.25, -0.2) is 0 Å². The van der Waals surface area contributed by atoms with E-state index < -0.39 is 0 Å². The van der Waals surface area contributed by atoms with Gasteiger partial charge in [0.2, 0.25) is 10.8 Å². The lowest BCUT2D eigenvalue weighted by molar-refractivity contribution is 0.763. The zero-order valence-electron chi connectivity index (χ0n) is 11.9. The Labute approximate surface area is 145 Å². The third-order valence-electron chi connectivity index (χ3n) is 3.41. The van der Waals surface area contributed by atoms with Crippen molar-refractivity contribution >= 4 is 39.5 Å². The van der Waals surface area contributed by atoms with E-state index in [-0.39, 0.29) is 0 Å². The molecule has 0 aliphatic carbocycles. The van der Waals surface area contributed by atoms with Gasteiger partial charge in [0.1, 0.15) is 10.7 Å². The molecular formula is C14H10Cl2N6S. The Kier molecular flexibility index (Phi) is 3.56. The predicted octanol–water partition coefficient (Wildman–Crippen LogP) is 3.48. The molecule has 4 rings (SSSR count). The molecule has 0 fully saturated rings. The maximum atomic E-state index is 6.19. The van der Waals surface area contributed by atoms with Crippen molar-refractivity contribution in [3.8, 4) is 11.5 Å². The summed E-state index contributed by atoms with van der Waals surface area (Å²) in [5.74, 6) is 0.587. The summed E-state index contributed by atoms with van der Waals surface area (Å²) in [4.78, 5) is 0.723. The third kappa shape index (κ3) is 2.60. The van der Waals surface area contributed by atoms with E-state index in [2.05, 4.69) is 20.4 Å². The van der Waals surface area contributed by atoms with Gasteiger partial charge in [-0.05, 0) is 17.7 Å². The summed E-state index contributed by atoms with van der Waals surface area (Å²) in [7, 11) is 1.81. The quantitative estimate of drug-likeness (QED) is 0.558. The van der Waals surface area contributed by atoms with Gasteiger partial charge in [0.25, 0.3) is 0 Å². The van der Waals surface area contributed by atoms with Crippen LogP contribution in [-0.4, -0.2) is 29.6 Å². The Bertz CT molecular complexity index is 965. The maximum absolute atomic E-state index is 6.19. The van der Waals surface area contributed by atoms with Crippen LogP contribution in [0.4, 0.5) is 0 Å². The number of benzene rings is 1. The van der Waals surface area contributed by atoms with Crippen molar-refractivity contribution in [2.75, 3.05) is 0 Å². The number of rotatable bonds is 3. The van der Waals surface area contributed by atoms with Crippen LogP contribution in [0.1, 0.15) is 10.6 Å². The summed E-state index contributed by atoms with van der Waals surface area (Å²) in [6.45, 7) is 0. The van der Waals surface area contributed by atoms with Gasteiger partial charge in [-0.2, -0.15) is 14.7 Å². The fourth-order valence-corrected chi connectivity index (χ4v) is 3.56. The second-order valence-electron chi connectivity index (χ2n) is 4.98. The van der Waals surface area contributed by atoms with Crippen molar-refractivity contribution in [2.45, 2.75) is 6.42 Å². The van der Waals surface area contributed by atoms with Gasteiger partial charge < -0.3 is 0 Å². The summed E-state index contributed by atoms with van der Waals surface area (Å²) < 4.78 is 3.37. The predicted molar refractivity (Wildman–Crippen MR) is 90.1 cm³/mol. The maximum Gasteiger partial charge on any atom is 0.235 e. The van der Waals surface area contributed by atoms with E-state index >= 15 is 0 Å². The van der Waals surface area contributed by atoms with Crippen LogP contribution in [0.5, 0.6) is 0 Å². The Hall–Kier alpha value is -1.96. The minimum atomic E-state index is 0.522. The average Bonchev–Trinajstić information content (AvgIpc) is 3.17.